The average molecular weight is 289 g/mol. The minimum atomic E-state index is 0.506. The van der Waals surface area contributed by atoms with Crippen LogP contribution in [0.2, 0.25) is 5.02 Å². The van der Waals surface area contributed by atoms with Crippen LogP contribution in [0, 0.1) is 6.92 Å². The van der Waals surface area contributed by atoms with Gasteiger partial charge in [-0.2, -0.15) is 9.97 Å². The third-order valence-electron chi connectivity index (χ3n) is 3.03. The zero-order valence-corrected chi connectivity index (χ0v) is 11.8. The number of hydrogen-bond acceptors (Lipinski definition) is 5. The highest BCUT2D eigenvalue weighted by Gasteiger charge is 2.11. The Bertz CT molecular complexity index is 767. The third-order valence-corrected chi connectivity index (χ3v) is 3.44. The number of halogens is 1. The number of nitrogens with one attached hydrogen (secondary N) is 3. The van der Waals surface area contributed by atoms with E-state index in [2.05, 4.69) is 30.6 Å². The highest BCUT2D eigenvalue weighted by molar-refractivity contribution is 6.31. The van der Waals surface area contributed by atoms with Crippen LogP contribution in [0.4, 0.5) is 17.5 Å². The molecule has 0 aliphatic rings. The summed E-state index contributed by atoms with van der Waals surface area (Å²) in [4.78, 5) is 15.9. The summed E-state index contributed by atoms with van der Waals surface area (Å²) in [7, 11) is 1.77. The summed E-state index contributed by atoms with van der Waals surface area (Å²) in [5, 5.41) is 6.90. The molecule has 0 amide bonds. The molecule has 2 aromatic heterocycles. The molecule has 3 N–H and O–H groups in total. The summed E-state index contributed by atoms with van der Waals surface area (Å²) in [6.45, 7) is 1.95. The molecule has 0 bridgehead atoms. The lowest BCUT2D eigenvalue weighted by molar-refractivity contribution is 1.17. The van der Waals surface area contributed by atoms with Gasteiger partial charge in [0.25, 0.3) is 0 Å². The first-order valence-corrected chi connectivity index (χ1v) is 6.48. The number of benzene rings is 1. The lowest BCUT2D eigenvalue weighted by Gasteiger charge is -2.11. The van der Waals surface area contributed by atoms with E-state index in [9.17, 15) is 0 Å². The molecule has 1 aromatic carbocycles. The van der Waals surface area contributed by atoms with Crippen LogP contribution in [0.25, 0.3) is 11.2 Å². The van der Waals surface area contributed by atoms with Crippen LogP contribution >= 0.6 is 11.6 Å². The predicted molar refractivity (Wildman–Crippen MR) is 80.7 cm³/mol. The van der Waals surface area contributed by atoms with Crippen molar-refractivity contribution >= 4 is 40.2 Å². The molecule has 3 aromatic rings. The fourth-order valence-electron chi connectivity index (χ4n) is 1.91. The molecule has 0 fully saturated rings. The van der Waals surface area contributed by atoms with Gasteiger partial charge in [0.05, 0.1) is 6.33 Å². The largest absolute Gasteiger partial charge is 0.357 e. The van der Waals surface area contributed by atoms with Crippen molar-refractivity contribution in [1.29, 1.82) is 0 Å². The van der Waals surface area contributed by atoms with Crippen LogP contribution in [0.1, 0.15) is 5.56 Å². The van der Waals surface area contributed by atoms with Crippen LogP contribution in [-0.2, 0) is 0 Å². The minimum absolute atomic E-state index is 0.506. The Morgan fingerprint density at radius 3 is 2.90 bits per heavy atom. The van der Waals surface area contributed by atoms with Crippen LogP contribution in [-0.4, -0.2) is 27.0 Å². The van der Waals surface area contributed by atoms with Crippen molar-refractivity contribution in [2.75, 3.05) is 17.7 Å². The highest BCUT2D eigenvalue weighted by Crippen LogP contribution is 2.28. The van der Waals surface area contributed by atoms with E-state index < -0.39 is 0 Å². The van der Waals surface area contributed by atoms with Crippen molar-refractivity contribution in [1.82, 2.24) is 19.9 Å². The van der Waals surface area contributed by atoms with E-state index in [0.29, 0.717) is 22.4 Å². The van der Waals surface area contributed by atoms with Gasteiger partial charge >= 0.3 is 0 Å². The first kappa shape index (κ1) is 12.7. The van der Waals surface area contributed by atoms with Gasteiger partial charge in [0, 0.05) is 17.8 Å². The average Bonchev–Trinajstić information content (AvgIpc) is 2.92. The zero-order valence-electron chi connectivity index (χ0n) is 11.0. The summed E-state index contributed by atoms with van der Waals surface area (Å²) < 4.78 is 0. The van der Waals surface area contributed by atoms with E-state index >= 15 is 0 Å². The Morgan fingerprint density at radius 2 is 2.10 bits per heavy atom. The molecule has 2 heterocycles. The fourth-order valence-corrected chi connectivity index (χ4v) is 2.08. The first-order chi connectivity index (χ1) is 9.69. The summed E-state index contributed by atoms with van der Waals surface area (Å²) >= 11 is 6.13. The lowest BCUT2D eigenvalue weighted by Crippen LogP contribution is -2.02. The van der Waals surface area contributed by atoms with Crippen molar-refractivity contribution in [2.45, 2.75) is 6.92 Å². The molecule has 0 saturated carbocycles. The van der Waals surface area contributed by atoms with E-state index in [1.807, 2.05) is 25.1 Å². The van der Waals surface area contributed by atoms with E-state index in [1.54, 1.807) is 13.4 Å². The quantitative estimate of drug-likeness (QED) is 0.690. The van der Waals surface area contributed by atoms with Crippen LogP contribution < -0.4 is 10.6 Å². The van der Waals surface area contributed by atoms with E-state index in [4.69, 9.17) is 11.6 Å². The van der Waals surface area contributed by atoms with Gasteiger partial charge in [-0.25, -0.2) is 4.98 Å². The molecule has 3 rings (SSSR count). The van der Waals surface area contributed by atoms with Gasteiger partial charge in [-0.3, -0.25) is 0 Å². The molecule has 0 atom stereocenters. The van der Waals surface area contributed by atoms with E-state index in [0.717, 1.165) is 16.8 Å². The standard InChI is InChI=1S/C13H13ClN6/c1-7-8(14)4-3-5-9(7)18-12-10-11(17-6-16-10)19-13(15-2)20-12/h3-6H,1-2H3,(H3,15,16,17,18,19,20). The summed E-state index contributed by atoms with van der Waals surface area (Å²) in [5.41, 5.74) is 3.22. The monoisotopic (exact) mass is 288 g/mol. The molecule has 0 spiro atoms. The highest BCUT2D eigenvalue weighted by atomic mass is 35.5. The number of aromatic amines is 1. The Morgan fingerprint density at radius 1 is 1.25 bits per heavy atom. The summed E-state index contributed by atoms with van der Waals surface area (Å²) in [5.74, 6) is 1.16. The molecular formula is C13H13ClN6. The third kappa shape index (κ3) is 2.14. The van der Waals surface area contributed by atoms with Crippen LogP contribution in [0.15, 0.2) is 24.5 Å². The number of rotatable bonds is 3. The number of imidazole rings is 1. The number of aromatic nitrogens is 4. The Labute approximate surface area is 120 Å². The SMILES string of the molecule is CNc1nc(Nc2cccc(Cl)c2C)c2[nH]cnc2n1. The topological polar surface area (TPSA) is 78.5 Å². The maximum absolute atomic E-state index is 6.13. The van der Waals surface area contributed by atoms with Crippen LogP contribution in [0.5, 0.6) is 0 Å². The molecule has 0 unspecified atom stereocenters. The second-order valence-electron chi connectivity index (χ2n) is 4.28. The zero-order chi connectivity index (χ0) is 14.1. The second-order valence-corrected chi connectivity index (χ2v) is 4.69. The number of fused-ring (bicyclic) bond motifs is 1. The number of H-pyrrole nitrogens is 1. The van der Waals surface area contributed by atoms with Crippen molar-refractivity contribution < 1.29 is 0 Å². The molecule has 102 valence electrons. The number of nitrogens with zero attached hydrogens (tertiary/aromatic N) is 3. The molecule has 0 aliphatic heterocycles. The van der Waals surface area contributed by atoms with Crippen molar-refractivity contribution in [2.24, 2.45) is 0 Å². The molecule has 0 radical (unpaired) electrons. The molecule has 7 heteroatoms. The summed E-state index contributed by atoms with van der Waals surface area (Å²) in [6, 6.07) is 5.69. The first-order valence-electron chi connectivity index (χ1n) is 6.10. The summed E-state index contributed by atoms with van der Waals surface area (Å²) in [6.07, 6.45) is 1.59. The molecule has 6 nitrogen and oxygen atoms in total. The fraction of sp³-hybridized carbons (Fsp3) is 0.154. The van der Waals surface area contributed by atoms with Crippen molar-refractivity contribution in [3.8, 4) is 0 Å². The molecular weight excluding hydrogens is 276 g/mol. The number of hydrogen-bond donors (Lipinski definition) is 3. The van der Waals surface area contributed by atoms with E-state index in [-0.39, 0.29) is 0 Å². The van der Waals surface area contributed by atoms with Gasteiger partial charge in [-0.1, -0.05) is 17.7 Å². The van der Waals surface area contributed by atoms with Gasteiger partial charge in [0.2, 0.25) is 5.95 Å². The van der Waals surface area contributed by atoms with Crippen LogP contribution in [0.3, 0.4) is 0 Å². The van der Waals surface area contributed by atoms with Crippen molar-refractivity contribution in [3.63, 3.8) is 0 Å². The second kappa shape index (κ2) is 4.97. The van der Waals surface area contributed by atoms with Gasteiger partial charge in [0.15, 0.2) is 11.5 Å². The molecule has 0 aliphatic carbocycles. The van der Waals surface area contributed by atoms with Gasteiger partial charge in [-0.15, -0.1) is 0 Å². The number of anilines is 3. The lowest BCUT2D eigenvalue weighted by atomic mass is 10.2. The van der Waals surface area contributed by atoms with Gasteiger partial charge < -0.3 is 15.6 Å². The molecule has 0 saturated heterocycles. The Hall–Kier alpha value is -2.34. The van der Waals surface area contributed by atoms with Gasteiger partial charge in [0.1, 0.15) is 5.52 Å². The normalized spacial score (nSPS) is 10.8. The smallest absolute Gasteiger partial charge is 0.226 e. The molecule has 20 heavy (non-hydrogen) atoms. The van der Waals surface area contributed by atoms with Gasteiger partial charge in [-0.05, 0) is 24.6 Å². The Kier molecular flexibility index (Phi) is 3.15. The maximum atomic E-state index is 6.13. The minimum Gasteiger partial charge on any atom is -0.357 e. The maximum Gasteiger partial charge on any atom is 0.226 e. The van der Waals surface area contributed by atoms with Crippen molar-refractivity contribution in [3.05, 3.63) is 35.1 Å². The van der Waals surface area contributed by atoms with E-state index in [1.165, 1.54) is 0 Å². The predicted octanol–water partition coefficient (Wildman–Crippen LogP) is 3.10. The Balaban J connectivity index is 2.10.